The van der Waals surface area contributed by atoms with E-state index in [1.165, 1.54) is 32.4 Å². The number of Topliss-reactive ketones (excluding diaryl/α,β-unsaturated/α-hetero) is 1. The zero-order valence-electron chi connectivity index (χ0n) is 19.6. The number of rotatable bonds is 5. The molecule has 2 aliphatic rings. The summed E-state index contributed by atoms with van der Waals surface area (Å²) in [6.45, 7) is 1.29. The quantitative estimate of drug-likeness (QED) is 0.303. The van der Waals surface area contributed by atoms with Gasteiger partial charge in [0.1, 0.15) is 17.6 Å². The van der Waals surface area contributed by atoms with Crippen molar-refractivity contribution in [1.29, 1.82) is 5.26 Å². The number of anilines is 1. The normalized spacial score (nSPS) is 23.8. The Morgan fingerprint density at radius 1 is 1.06 bits per heavy atom. The van der Waals surface area contributed by atoms with E-state index in [0.717, 1.165) is 11.3 Å². The Balaban J connectivity index is 1.72. The van der Waals surface area contributed by atoms with Gasteiger partial charge in [0.2, 0.25) is 0 Å². The molecule has 8 heteroatoms. The molecule has 2 aliphatic heterocycles. The molecule has 3 aromatic rings. The third kappa shape index (κ3) is 3.40. The van der Waals surface area contributed by atoms with E-state index in [1.54, 1.807) is 30.3 Å². The lowest BCUT2D eigenvalue weighted by Crippen LogP contribution is -2.46. The van der Waals surface area contributed by atoms with Gasteiger partial charge in [0, 0.05) is 18.2 Å². The van der Waals surface area contributed by atoms with E-state index in [2.05, 4.69) is 6.07 Å². The van der Waals surface area contributed by atoms with E-state index in [1.807, 2.05) is 35.2 Å². The van der Waals surface area contributed by atoms with Crippen molar-refractivity contribution >= 4 is 29.5 Å². The molecular formula is C28H22N2O6. The lowest BCUT2D eigenvalue weighted by atomic mass is 9.70. The monoisotopic (exact) mass is 482 g/mol. The molecule has 5 rings (SSSR count). The van der Waals surface area contributed by atoms with Crippen LogP contribution in [0.3, 0.4) is 0 Å². The number of ketones is 1. The molecule has 0 unspecified atom stereocenters. The van der Waals surface area contributed by atoms with Crippen molar-refractivity contribution in [3.8, 4) is 11.8 Å². The first kappa shape index (κ1) is 23.1. The summed E-state index contributed by atoms with van der Waals surface area (Å²) in [6.07, 6.45) is 5.08. The number of ether oxygens (including phenoxy) is 2. The zero-order chi connectivity index (χ0) is 25.4. The van der Waals surface area contributed by atoms with Crippen LogP contribution in [-0.2, 0) is 14.3 Å². The standard InChI is InChI=1S/C28H22N2O6/c1-17(31)36-20-12-9-19(10-13-20)26(32)25-24(22-8-5-15-35-22)28(16-29,27(33)34-2)23-14-11-18-6-3-4-7-21(18)30(23)25/h3-15,23-25H,1-2H3/t23-,24-,25+,28-/m0/s1. The highest BCUT2D eigenvalue weighted by Crippen LogP contribution is 2.56. The van der Waals surface area contributed by atoms with Crippen LogP contribution in [0.2, 0.25) is 0 Å². The Morgan fingerprint density at radius 2 is 1.81 bits per heavy atom. The third-order valence-corrected chi connectivity index (χ3v) is 6.77. The van der Waals surface area contributed by atoms with Gasteiger partial charge in [-0.25, -0.2) is 0 Å². The number of nitriles is 1. The number of hydrogen-bond donors (Lipinski definition) is 0. The second kappa shape index (κ2) is 8.86. The molecule has 0 saturated carbocycles. The van der Waals surface area contributed by atoms with Gasteiger partial charge < -0.3 is 18.8 Å². The molecule has 0 spiro atoms. The van der Waals surface area contributed by atoms with Crippen LogP contribution >= 0.6 is 0 Å². The molecular weight excluding hydrogens is 460 g/mol. The largest absolute Gasteiger partial charge is 0.469 e. The summed E-state index contributed by atoms with van der Waals surface area (Å²) in [6, 6.07) is 17.5. The Hall–Kier alpha value is -4.64. The topological polar surface area (TPSA) is 110 Å². The van der Waals surface area contributed by atoms with E-state index in [4.69, 9.17) is 13.9 Å². The van der Waals surface area contributed by atoms with E-state index in [-0.39, 0.29) is 5.78 Å². The summed E-state index contributed by atoms with van der Waals surface area (Å²) in [5.74, 6) is -1.87. The summed E-state index contributed by atoms with van der Waals surface area (Å²) in [7, 11) is 1.23. The number of para-hydroxylation sites is 1. The first-order chi connectivity index (χ1) is 17.4. The van der Waals surface area contributed by atoms with Gasteiger partial charge in [-0.1, -0.05) is 30.4 Å². The molecule has 0 bridgehead atoms. The van der Waals surface area contributed by atoms with Crippen molar-refractivity contribution in [1.82, 2.24) is 0 Å². The summed E-state index contributed by atoms with van der Waals surface area (Å²) in [5.41, 5.74) is 0.150. The molecule has 36 heavy (non-hydrogen) atoms. The highest BCUT2D eigenvalue weighted by atomic mass is 16.5. The number of hydrogen-bond acceptors (Lipinski definition) is 8. The molecule has 8 nitrogen and oxygen atoms in total. The van der Waals surface area contributed by atoms with Crippen LogP contribution in [0.15, 0.2) is 77.4 Å². The van der Waals surface area contributed by atoms with Gasteiger partial charge in [0.15, 0.2) is 11.2 Å². The molecule has 0 radical (unpaired) electrons. The van der Waals surface area contributed by atoms with Gasteiger partial charge in [-0.3, -0.25) is 14.4 Å². The van der Waals surface area contributed by atoms with Crippen molar-refractivity contribution in [2.24, 2.45) is 5.41 Å². The van der Waals surface area contributed by atoms with Crippen molar-refractivity contribution in [3.05, 3.63) is 89.9 Å². The minimum Gasteiger partial charge on any atom is -0.469 e. The van der Waals surface area contributed by atoms with Gasteiger partial charge in [-0.05, 0) is 48.0 Å². The molecule has 4 atom stereocenters. The number of fused-ring (bicyclic) bond motifs is 3. The summed E-state index contributed by atoms with van der Waals surface area (Å²) >= 11 is 0. The molecule has 0 N–H and O–H groups in total. The number of nitrogens with zero attached hydrogens (tertiary/aromatic N) is 2. The van der Waals surface area contributed by atoms with Crippen LogP contribution in [0.1, 0.15) is 34.5 Å². The minimum atomic E-state index is -1.76. The predicted octanol–water partition coefficient (Wildman–Crippen LogP) is 4.14. The van der Waals surface area contributed by atoms with Crippen molar-refractivity contribution < 1.29 is 28.3 Å². The van der Waals surface area contributed by atoms with Gasteiger partial charge in [-0.15, -0.1) is 0 Å². The van der Waals surface area contributed by atoms with Crippen LogP contribution in [0.4, 0.5) is 5.69 Å². The first-order valence-corrected chi connectivity index (χ1v) is 11.3. The second-order valence-corrected chi connectivity index (χ2v) is 8.66. The zero-order valence-corrected chi connectivity index (χ0v) is 19.6. The van der Waals surface area contributed by atoms with Crippen LogP contribution in [0.25, 0.3) is 6.08 Å². The summed E-state index contributed by atoms with van der Waals surface area (Å²) in [4.78, 5) is 40.7. The minimum absolute atomic E-state index is 0.304. The average molecular weight is 482 g/mol. The predicted molar refractivity (Wildman–Crippen MR) is 129 cm³/mol. The third-order valence-electron chi connectivity index (χ3n) is 6.77. The molecule has 1 aromatic heterocycles. The number of esters is 2. The fourth-order valence-corrected chi connectivity index (χ4v) is 5.34. The van der Waals surface area contributed by atoms with Crippen LogP contribution in [-0.4, -0.2) is 36.9 Å². The Morgan fingerprint density at radius 3 is 2.44 bits per heavy atom. The number of furan rings is 1. The summed E-state index contributed by atoms with van der Waals surface area (Å²) < 4.78 is 16.0. The van der Waals surface area contributed by atoms with Crippen molar-refractivity contribution in [2.75, 3.05) is 12.0 Å². The van der Waals surface area contributed by atoms with Crippen LogP contribution < -0.4 is 9.64 Å². The van der Waals surface area contributed by atoms with Gasteiger partial charge in [-0.2, -0.15) is 5.26 Å². The molecule has 2 aromatic carbocycles. The maximum atomic E-state index is 14.2. The molecule has 3 heterocycles. The Bertz CT molecular complexity index is 1400. The molecule has 180 valence electrons. The Labute approximate surface area is 207 Å². The molecule has 0 amide bonds. The van der Waals surface area contributed by atoms with Gasteiger partial charge in [0.25, 0.3) is 0 Å². The van der Waals surface area contributed by atoms with E-state index >= 15 is 0 Å². The van der Waals surface area contributed by atoms with Gasteiger partial charge >= 0.3 is 11.9 Å². The maximum absolute atomic E-state index is 14.2. The lowest BCUT2D eigenvalue weighted by Gasteiger charge is -2.36. The number of carbonyl (C=O) groups is 3. The smallest absolute Gasteiger partial charge is 0.329 e. The molecule has 1 saturated heterocycles. The SMILES string of the molecule is COC(=O)[C@@]1(C#N)[C@@H]2C=Cc3ccccc3N2[C@@H](C(=O)c2ccc(OC(C)=O)cc2)[C@@H]1c1ccco1. The number of carbonyl (C=O) groups excluding carboxylic acids is 3. The average Bonchev–Trinajstić information content (AvgIpc) is 3.52. The highest BCUT2D eigenvalue weighted by molar-refractivity contribution is 6.06. The summed E-state index contributed by atoms with van der Waals surface area (Å²) in [5, 5.41) is 10.6. The van der Waals surface area contributed by atoms with Crippen LogP contribution in [0.5, 0.6) is 5.75 Å². The Kier molecular flexibility index (Phi) is 5.69. The van der Waals surface area contributed by atoms with Crippen molar-refractivity contribution in [2.45, 2.75) is 24.9 Å². The first-order valence-electron chi connectivity index (χ1n) is 11.3. The fraction of sp³-hybridized carbons (Fsp3) is 0.214. The molecule has 1 fully saturated rings. The second-order valence-electron chi connectivity index (χ2n) is 8.66. The maximum Gasteiger partial charge on any atom is 0.329 e. The van der Waals surface area contributed by atoms with E-state index in [0.29, 0.717) is 17.1 Å². The van der Waals surface area contributed by atoms with E-state index < -0.39 is 35.4 Å². The number of methoxy groups -OCH3 is 1. The fourth-order valence-electron chi connectivity index (χ4n) is 5.34. The van der Waals surface area contributed by atoms with Gasteiger partial charge in [0.05, 0.1) is 31.4 Å². The van der Waals surface area contributed by atoms with E-state index in [9.17, 15) is 19.6 Å². The van der Waals surface area contributed by atoms with Crippen LogP contribution in [0, 0.1) is 16.7 Å². The molecule has 0 aliphatic carbocycles. The highest BCUT2D eigenvalue weighted by Gasteiger charge is 2.68. The number of benzene rings is 2. The lowest BCUT2D eigenvalue weighted by molar-refractivity contribution is -0.150. The van der Waals surface area contributed by atoms with Crippen molar-refractivity contribution in [3.63, 3.8) is 0 Å².